The first-order valence-corrected chi connectivity index (χ1v) is 30.5. The van der Waals surface area contributed by atoms with Gasteiger partial charge in [-0.2, -0.15) is 0 Å². The molecule has 352 valence electrons. The summed E-state index contributed by atoms with van der Waals surface area (Å²) >= 11 is 0. The molecule has 0 saturated heterocycles. The molecule has 4 unspecified atom stereocenters. The molecule has 8 bridgehead atoms. The highest BCUT2D eigenvalue weighted by molar-refractivity contribution is 7.67. The Morgan fingerprint density at radius 1 is 0.194 bits per heavy atom. The van der Waals surface area contributed by atoms with Crippen molar-refractivity contribution in [2.45, 2.75) is 55.4 Å². The maximum Gasteiger partial charge on any atom is 0.0140 e. The average Bonchev–Trinajstić information content (AvgIpc) is 4.01. The van der Waals surface area contributed by atoms with Crippen molar-refractivity contribution in [1.29, 1.82) is 0 Å². The quantitative estimate of drug-likeness (QED) is 0.165. The van der Waals surface area contributed by atoms with Gasteiger partial charge in [0.25, 0.3) is 0 Å². The standard InChI is InChI=1S/C68H60P4/c1-45-49(5)65-66-50(6)46(2)62(70(66)58-31-15-10-16-32-58)42-39-55-27-23-24-28-56(55)40-44-64-48(4)52(8)68(72(64)60-35-19-12-20-36-60)67-51(7)47(3)63(71(67)59-33-17-11-18-34-59)43-38-54-26-22-21-25-53(54)37-41-61(45)69(65)57-29-13-9-14-30-57/h9-44H,1-8H3/b41-37+,42-39+,43-38+,44-40+,53-37?,54-38?,55-39?,56-40?,61-41?,62-42?,63-43?,64-44?,66-65?,68-67?. The number of hydrogen-bond donors (Lipinski definition) is 0. The molecule has 0 aliphatic carbocycles. The Kier molecular flexibility index (Phi) is 13.3. The molecular weight excluding hydrogens is 941 g/mol. The third-order valence-electron chi connectivity index (χ3n) is 15.2. The van der Waals surface area contributed by atoms with Gasteiger partial charge in [0.15, 0.2) is 0 Å². The Hall–Kier alpha value is -6.60. The second kappa shape index (κ2) is 20.1. The first-order valence-electron chi connectivity index (χ1n) is 25.1. The molecule has 0 saturated carbocycles. The zero-order chi connectivity index (χ0) is 49.6. The fraction of sp³-hybridized carbons (Fsp3) is 0.118. The van der Waals surface area contributed by atoms with E-state index in [1.807, 2.05) is 0 Å². The van der Waals surface area contributed by atoms with Crippen LogP contribution < -0.4 is 0 Å². The number of benzene rings is 6. The van der Waals surface area contributed by atoms with Gasteiger partial charge in [-0.05, 0) is 168 Å². The van der Waals surface area contributed by atoms with E-state index in [2.05, 4.69) is 274 Å². The topological polar surface area (TPSA) is 0 Å². The molecular formula is C68H60P4. The molecule has 4 heteroatoms. The zero-order valence-corrected chi connectivity index (χ0v) is 46.2. The van der Waals surface area contributed by atoms with Crippen molar-refractivity contribution in [2.24, 2.45) is 0 Å². The van der Waals surface area contributed by atoms with Crippen LogP contribution in [0.25, 0.3) is 91.0 Å². The number of rotatable bonds is 4. The lowest BCUT2D eigenvalue weighted by atomic mass is 10.0. The van der Waals surface area contributed by atoms with E-state index in [1.165, 1.54) is 130 Å². The molecule has 0 fully saturated rings. The summed E-state index contributed by atoms with van der Waals surface area (Å²) in [5, 5.41) is 17.5. The predicted octanol–water partition coefficient (Wildman–Crippen LogP) is 22.4. The van der Waals surface area contributed by atoms with Gasteiger partial charge in [0.1, 0.15) is 0 Å². The third kappa shape index (κ3) is 8.40. The van der Waals surface area contributed by atoms with Crippen molar-refractivity contribution in [1.82, 2.24) is 0 Å². The van der Waals surface area contributed by atoms with Gasteiger partial charge >= 0.3 is 0 Å². The van der Waals surface area contributed by atoms with Crippen molar-refractivity contribution in [3.05, 3.63) is 258 Å². The largest absolute Gasteiger partial charge is 0.0770 e. The predicted molar refractivity (Wildman–Crippen MR) is 326 cm³/mol. The van der Waals surface area contributed by atoms with Crippen LogP contribution in [-0.2, 0) is 0 Å². The van der Waals surface area contributed by atoms with E-state index in [0.717, 1.165) is 0 Å². The second-order valence-corrected chi connectivity index (χ2v) is 27.7. The molecule has 0 radical (unpaired) electrons. The van der Waals surface area contributed by atoms with Crippen LogP contribution in [0.4, 0.5) is 0 Å². The summed E-state index contributed by atoms with van der Waals surface area (Å²) in [6.07, 6.45) is 19.5. The van der Waals surface area contributed by atoms with E-state index in [0.29, 0.717) is 0 Å². The van der Waals surface area contributed by atoms with E-state index in [9.17, 15) is 0 Å². The van der Waals surface area contributed by atoms with Crippen LogP contribution in [0.2, 0.25) is 0 Å². The van der Waals surface area contributed by atoms with Gasteiger partial charge in [0.05, 0.1) is 0 Å². The van der Waals surface area contributed by atoms with Crippen LogP contribution in [0.5, 0.6) is 0 Å². The molecule has 11 rings (SSSR count). The molecule has 0 amide bonds. The average molecular weight is 1000 g/mol. The molecule has 6 aromatic carbocycles. The van der Waals surface area contributed by atoms with Crippen LogP contribution in [0.1, 0.15) is 87.9 Å². The fourth-order valence-electron chi connectivity index (χ4n) is 10.9. The lowest BCUT2D eigenvalue weighted by Crippen LogP contribution is -1.81. The SMILES string of the molecule is Cc1c(C)c2p(-c3ccccc3)c1/C=C/c1ccccc1/C=C/c1c(C)c(C)c(p1-c1ccccc1)-c1c(C)c(C)c(p1-c1ccccc1)/C=C/c1ccccc1/C=C/c1c(C)c(C)c-2p1-c1ccccc1. The lowest BCUT2D eigenvalue weighted by Gasteiger charge is -2.15. The van der Waals surface area contributed by atoms with Crippen molar-refractivity contribution in [2.75, 3.05) is 0 Å². The second-order valence-electron chi connectivity index (χ2n) is 19.2. The smallest absolute Gasteiger partial charge is 0.0140 e. The molecule has 10 aromatic rings. The van der Waals surface area contributed by atoms with E-state index in [-0.39, 0.29) is 0 Å². The van der Waals surface area contributed by atoms with Crippen LogP contribution in [0, 0.1) is 55.4 Å². The maximum atomic E-state index is 2.48. The van der Waals surface area contributed by atoms with Gasteiger partial charge in [-0.15, -0.1) is 0 Å². The summed E-state index contributed by atoms with van der Waals surface area (Å²) in [5.41, 5.74) is 16.2. The molecule has 72 heavy (non-hydrogen) atoms. The van der Waals surface area contributed by atoms with Crippen molar-refractivity contribution < 1.29 is 0 Å². The highest BCUT2D eigenvalue weighted by Gasteiger charge is 2.29. The summed E-state index contributed by atoms with van der Waals surface area (Å²) in [4.78, 5) is 0. The Morgan fingerprint density at radius 3 is 0.569 bits per heavy atom. The zero-order valence-electron chi connectivity index (χ0n) is 42.6. The summed E-state index contributed by atoms with van der Waals surface area (Å²) in [6, 6.07) is 63.4. The van der Waals surface area contributed by atoms with Gasteiger partial charge in [0, 0.05) is 42.4 Å². The molecule has 0 N–H and O–H groups in total. The summed E-state index contributed by atoms with van der Waals surface area (Å²) in [6.45, 7) is 19.1. The third-order valence-corrected chi connectivity index (χ3v) is 26.7. The van der Waals surface area contributed by atoms with Gasteiger partial charge in [0.2, 0.25) is 0 Å². The molecule has 0 nitrogen and oxygen atoms in total. The monoisotopic (exact) mass is 1000 g/mol. The molecule has 0 spiro atoms. The lowest BCUT2D eigenvalue weighted by molar-refractivity contribution is 1.37. The van der Waals surface area contributed by atoms with Crippen LogP contribution >= 0.6 is 30.1 Å². The Labute approximate surface area is 431 Å². The van der Waals surface area contributed by atoms with Crippen LogP contribution in [-0.4, -0.2) is 0 Å². The van der Waals surface area contributed by atoms with E-state index in [4.69, 9.17) is 0 Å². The van der Waals surface area contributed by atoms with Crippen LogP contribution in [0.3, 0.4) is 0 Å². The van der Waals surface area contributed by atoms with Gasteiger partial charge in [-0.3, -0.25) is 0 Å². The van der Waals surface area contributed by atoms with Crippen molar-refractivity contribution in [3.8, 4) is 42.4 Å². The minimum atomic E-state index is -0.862. The Balaban J connectivity index is 1.24. The first-order chi connectivity index (χ1) is 35.1. The number of hydrogen-bond acceptors (Lipinski definition) is 0. The maximum absolute atomic E-state index is 2.48. The Bertz CT molecular complexity index is 3280. The molecule has 1 aliphatic rings. The van der Waals surface area contributed by atoms with Gasteiger partial charge in [-0.25, -0.2) is 0 Å². The van der Waals surface area contributed by atoms with E-state index < -0.39 is 30.1 Å². The number of fused-ring (bicyclic) bond motifs is 12. The van der Waals surface area contributed by atoms with Crippen LogP contribution in [0.15, 0.2) is 170 Å². The first kappa shape index (κ1) is 47.7. The van der Waals surface area contributed by atoms with Gasteiger partial charge in [-0.1, -0.05) is 224 Å². The Morgan fingerprint density at radius 2 is 0.375 bits per heavy atom. The molecule has 5 heterocycles. The van der Waals surface area contributed by atoms with Crippen molar-refractivity contribution in [3.63, 3.8) is 0 Å². The van der Waals surface area contributed by atoms with Gasteiger partial charge < -0.3 is 0 Å². The molecule has 4 aromatic heterocycles. The summed E-state index contributed by atoms with van der Waals surface area (Å²) < 4.78 is 0. The van der Waals surface area contributed by atoms with E-state index in [1.54, 1.807) is 0 Å². The highest BCUT2D eigenvalue weighted by Crippen LogP contribution is 2.68. The molecule has 1 aliphatic heterocycles. The van der Waals surface area contributed by atoms with Crippen molar-refractivity contribution >= 4 is 78.7 Å². The normalized spacial score (nSPS) is 15.0. The highest BCUT2D eigenvalue weighted by atomic mass is 31.1. The summed E-state index contributed by atoms with van der Waals surface area (Å²) in [5.74, 6) is 0. The summed E-state index contributed by atoms with van der Waals surface area (Å²) in [7, 11) is -3.45. The van der Waals surface area contributed by atoms with E-state index >= 15 is 0 Å². The minimum Gasteiger partial charge on any atom is -0.0770 e. The fourth-order valence-corrected chi connectivity index (χ4v) is 23.5. The molecule has 4 atom stereocenters. The minimum absolute atomic E-state index is 0.862.